The topological polar surface area (TPSA) is 84.2 Å². The lowest BCUT2D eigenvalue weighted by atomic mass is 10.1. The third-order valence-electron chi connectivity index (χ3n) is 2.50. The van der Waals surface area contributed by atoms with Crippen molar-refractivity contribution in [3.05, 3.63) is 18.0 Å². The van der Waals surface area contributed by atoms with Crippen molar-refractivity contribution in [3.8, 4) is 0 Å². The predicted molar refractivity (Wildman–Crippen MR) is 66.4 cm³/mol. The summed E-state index contributed by atoms with van der Waals surface area (Å²) >= 11 is 0. The number of hydrogen-bond acceptors (Lipinski definition) is 3. The normalized spacial score (nSPS) is 12.4. The molecule has 18 heavy (non-hydrogen) atoms. The number of amides is 1. The monoisotopic (exact) mass is 253 g/mol. The van der Waals surface area contributed by atoms with Gasteiger partial charge in [-0.05, 0) is 25.8 Å². The molecule has 2 N–H and O–H groups in total. The van der Waals surface area contributed by atoms with E-state index in [1.54, 1.807) is 23.9 Å². The molecule has 0 aliphatic rings. The Morgan fingerprint density at radius 2 is 2.11 bits per heavy atom. The molecule has 1 unspecified atom stereocenters. The van der Waals surface area contributed by atoms with Gasteiger partial charge in [0.2, 0.25) is 0 Å². The number of hydrogen-bond donors (Lipinski definition) is 2. The van der Waals surface area contributed by atoms with Gasteiger partial charge in [-0.25, -0.2) is 0 Å². The molecular formula is C12H19N3O3. The number of carboxylic acid groups (broad SMARTS) is 1. The summed E-state index contributed by atoms with van der Waals surface area (Å²) in [5.41, 5.74) is 0.353. The second kappa shape index (κ2) is 6.18. The van der Waals surface area contributed by atoms with E-state index in [0.717, 1.165) is 0 Å². The Morgan fingerprint density at radius 3 is 2.61 bits per heavy atom. The summed E-state index contributed by atoms with van der Waals surface area (Å²) in [6.07, 6.45) is 1.79. The van der Waals surface area contributed by atoms with Crippen molar-refractivity contribution in [2.24, 2.45) is 5.92 Å². The molecule has 0 spiro atoms. The van der Waals surface area contributed by atoms with E-state index in [1.165, 1.54) is 0 Å². The third kappa shape index (κ3) is 4.20. The van der Waals surface area contributed by atoms with Crippen molar-refractivity contribution in [3.63, 3.8) is 0 Å². The van der Waals surface area contributed by atoms with E-state index in [-0.39, 0.29) is 24.3 Å². The minimum absolute atomic E-state index is 0.0424. The maximum absolute atomic E-state index is 11.7. The highest BCUT2D eigenvalue weighted by atomic mass is 16.4. The van der Waals surface area contributed by atoms with Gasteiger partial charge in [-0.3, -0.25) is 14.3 Å². The molecule has 0 fully saturated rings. The molecule has 0 saturated heterocycles. The summed E-state index contributed by atoms with van der Waals surface area (Å²) < 4.78 is 1.70. The molecule has 100 valence electrons. The average molecular weight is 253 g/mol. The van der Waals surface area contributed by atoms with E-state index in [0.29, 0.717) is 12.2 Å². The van der Waals surface area contributed by atoms with Gasteiger partial charge in [0, 0.05) is 25.2 Å². The molecule has 0 saturated carbocycles. The third-order valence-corrected chi connectivity index (χ3v) is 2.50. The second-order valence-electron chi connectivity index (χ2n) is 4.69. The Labute approximate surface area is 106 Å². The highest BCUT2D eigenvalue weighted by Gasteiger charge is 2.13. The molecule has 0 bridgehead atoms. The first kappa shape index (κ1) is 14.2. The van der Waals surface area contributed by atoms with E-state index >= 15 is 0 Å². The maximum atomic E-state index is 11.7. The van der Waals surface area contributed by atoms with Crippen LogP contribution in [0.2, 0.25) is 0 Å². The van der Waals surface area contributed by atoms with Gasteiger partial charge in [0.1, 0.15) is 5.69 Å². The van der Waals surface area contributed by atoms with Crippen LogP contribution in [-0.2, 0) is 4.79 Å². The van der Waals surface area contributed by atoms with Gasteiger partial charge in [0.05, 0.1) is 0 Å². The number of carbonyl (C=O) groups is 2. The second-order valence-corrected chi connectivity index (χ2v) is 4.69. The molecule has 1 atom stereocenters. The zero-order valence-corrected chi connectivity index (χ0v) is 10.9. The van der Waals surface area contributed by atoms with E-state index in [2.05, 4.69) is 10.4 Å². The Bertz CT molecular complexity index is 426. The number of aromatic nitrogens is 2. The van der Waals surface area contributed by atoms with Gasteiger partial charge in [-0.1, -0.05) is 6.92 Å². The largest absolute Gasteiger partial charge is 0.481 e. The van der Waals surface area contributed by atoms with Crippen LogP contribution in [0.25, 0.3) is 0 Å². The Morgan fingerprint density at radius 1 is 1.44 bits per heavy atom. The minimum atomic E-state index is -0.860. The number of carboxylic acids is 1. The molecule has 1 rings (SSSR count). The average Bonchev–Trinajstić information content (AvgIpc) is 2.74. The van der Waals surface area contributed by atoms with Gasteiger partial charge in [-0.15, -0.1) is 0 Å². The molecule has 6 heteroatoms. The van der Waals surface area contributed by atoms with Crippen LogP contribution < -0.4 is 5.32 Å². The highest BCUT2D eigenvalue weighted by molar-refractivity contribution is 5.92. The quantitative estimate of drug-likeness (QED) is 0.800. The number of carbonyl (C=O) groups excluding carboxylic acids is 1. The van der Waals surface area contributed by atoms with Crippen molar-refractivity contribution in [2.75, 3.05) is 6.54 Å². The summed E-state index contributed by atoms with van der Waals surface area (Å²) in [6.45, 7) is 6.06. The molecule has 0 aromatic carbocycles. The van der Waals surface area contributed by atoms with E-state index in [1.807, 2.05) is 13.8 Å². The molecule has 1 aromatic rings. The van der Waals surface area contributed by atoms with Crippen LogP contribution in [0.1, 0.15) is 43.7 Å². The van der Waals surface area contributed by atoms with E-state index in [4.69, 9.17) is 5.11 Å². The lowest BCUT2D eigenvalue weighted by molar-refractivity contribution is -0.137. The zero-order chi connectivity index (χ0) is 13.7. The summed E-state index contributed by atoms with van der Waals surface area (Å²) in [7, 11) is 0. The Kier molecular flexibility index (Phi) is 4.88. The van der Waals surface area contributed by atoms with Crippen LogP contribution in [-0.4, -0.2) is 33.3 Å². The number of nitrogens with one attached hydrogen (secondary N) is 1. The maximum Gasteiger partial charge on any atom is 0.303 e. The number of nitrogens with zero attached hydrogens (tertiary/aromatic N) is 2. The van der Waals surface area contributed by atoms with Crippen LogP contribution in [0.3, 0.4) is 0 Å². The first-order valence-corrected chi connectivity index (χ1v) is 5.95. The minimum Gasteiger partial charge on any atom is -0.481 e. The van der Waals surface area contributed by atoms with Crippen molar-refractivity contribution >= 4 is 11.9 Å². The fourth-order valence-electron chi connectivity index (χ4n) is 1.47. The van der Waals surface area contributed by atoms with E-state index < -0.39 is 5.97 Å². The Balaban J connectivity index is 2.47. The molecule has 6 nitrogen and oxygen atoms in total. The van der Waals surface area contributed by atoms with Gasteiger partial charge in [-0.2, -0.15) is 5.10 Å². The summed E-state index contributed by atoms with van der Waals surface area (Å²) in [4.78, 5) is 22.2. The standard InChI is InChI=1S/C12H19N3O3/c1-8(2)15-5-4-10(14-15)12(18)13-7-9(3)6-11(16)17/h4-5,8-9H,6-7H2,1-3H3,(H,13,18)(H,16,17). The Hall–Kier alpha value is -1.85. The lowest BCUT2D eigenvalue weighted by Gasteiger charge is -2.09. The molecule has 1 heterocycles. The fourth-order valence-corrected chi connectivity index (χ4v) is 1.47. The summed E-state index contributed by atoms with van der Waals surface area (Å²) in [6, 6.07) is 1.86. The summed E-state index contributed by atoms with van der Waals surface area (Å²) in [5.74, 6) is -1.23. The SMILES string of the molecule is CC(CNC(=O)c1ccn(C(C)C)n1)CC(=O)O. The van der Waals surface area contributed by atoms with Gasteiger partial charge < -0.3 is 10.4 Å². The predicted octanol–water partition coefficient (Wildman–Crippen LogP) is 1.30. The van der Waals surface area contributed by atoms with Gasteiger partial charge in [0.15, 0.2) is 0 Å². The zero-order valence-electron chi connectivity index (χ0n) is 10.9. The van der Waals surface area contributed by atoms with Crippen LogP contribution in [0, 0.1) is 5.92 Å². The molecule has 0 aliphatic heterocycles. The van der Waals surface area contributed by atoms with Crippen molar-refractivity contribution in [2.45, 2.75) is 33.2 Å². The number of aliphatic carboxylic acids is 1. The van der Waals surface area contributed by atoms with Crippen LogP contribution in [0.5, 0.6) is 0 Å². The lowest BCUT2D eigenvalue weighted by Crippen LogP contribution is -2.29. The van der Waals surface area contributed by atoms with Crippen LogP contribution >= 0.6 is 0 Å². The smallest absolute Gasteiger partial charge is 0.303 e. The van der Waals surface area contributed by atoms with Crippen molar-refractivity contribution in [1.82, 2.24) is 15.1 Å². The van der Waals surface area contributed by atoms with Gasteiger partial charge in [0.25, 0.3) is 5.91 Å². The summed E-state index contributed by atoms with van der Waals surface area (Å²) in [5, 5.41) is 15.4. The molecule has 0 aliphatic carbocycles. The molecule has 0 radical (unpaired) electrons. The first-order valence-electron chi connectivity index (χ1n) is 5.95. The molecular weight excluding hydrogens is 234 g/mol. The molecule has 1 aromatic heterocycles. The molecule has 1 amide bonds. The number of rotatable bonds is 6. The first-order chi connectivity index (χ1) is 8.40. The van der Waals surface area contributed by atoms with E-state index in [9.17, 15) is 9.59 Å². The van der Waals surface area contributed by atoms with Crippen molar-refractivity contribution in [1.29, 1.82) is 0 Å². The van der Waals surface area contributed by atoms with Crippen LogP contribution in [0.15, 0.2) is 12.3 Å². The van der Waals surface area contributed by atoms with Crippen LogP contribution in [0.4, 0.5) is 0 Å². The van der Waals surface area contributed by atoms with Crippen molar-refractivity contribution < 1.29 is 14.7 Å². The van der Waals surface area contributed by atoms with Gasteiger partial charge >= 0.3 is 5.97 Å². The fraction of sp³-hybridized carbons (Fsp3) is 0.583. The highest BCUT2D eigenvalue weighted by Crippen LogP contribution is 2.05.